The summed E-state index contributed by atoms with van der Waals surface area (Å²) in [6.45, 7) is 7.72. The highest BCUT2D eigenvalue weighted by atomic mass is 16.2. The summed E-state index contributed by atoms with van der Waals surface area (Å²) in [4.78, 5) is 27.4. The summed E-state index contributed by atoms with van der Waals surface area (Å²) in [5.74, 6) is -0.205. The van der Waals surface area contributed by atoms with Crippen LogP contribution in [0.2, 0.25) is 0 Å². The zero-order valence-electron chi connectivity index (χ0n) is 10.8. The Hall–Kier alpha value is -1.16. The highest BCUT2D eigenvalue weighted by molar-refractivity contribution is 6.04. The molecule has 0 N–H and O–H groups in total. The number of imide groups is 1. The quantitative estimate of drug-likeness (QED) is 0.642. The van der Waals surface area contributed by atoms with Crippen LogP contribution in [0.3, 0.4) is 0 Å². The monoisotopic (exact) mass is 236 g/mol. The molecule has 2 aliphatic rings. The van der Waals surface area contributed by atoms with Gasteiger partial charge in [-0.1, -0.05) is 6.08 Å². The first kappa shape index (κ1) is 12.3. The zero-order valence-corrected chi connectivity index (χ0v) is 10.8. The maximum Gasteiger partial charge on any atom is 0.253 e. The predicted molar refractivity (Wildman–Crippen MR) is 65.3 cm³/mol. The van der Waals surface area contributed by atoms with Gasteiger partial charge in [-0.15, -0.1) is 0 Å². The van der Waals surface area contributed by atoms with Crippen LogP contribution >= 0.6 is 0 Å². The third kappa shape index (κ3) is 2.27. The van der Waals surface area contributed by atoms with Crippen LogP contribution in [0.15, 0.2) is 12.2 Å². The van der Waals surface area contributed by atoms with Gasteiger partial charge in [0.05, 0.1) is 6.04 Å². The van der Waals surface area contributed by atoms with Crippen LogP contribution in [0.4, 0.5) is 0 Å². The minimum Gasteiger partial charge on any atom is -0.287 e. The fourth-order valence-electron chi connectivity index (χ4n) is 2.64. The van der Waals surface area contributed by atoms with Crippen LogP contribution in [0.25, 0.3) is 0 Å². The Morgan fingerprint density at radius 3 is 2.65 bits per heavy atom. The molecule has 4 nitrogen and oxygen atoms in total. The van der Waals surface area contributed by atoms with E-state index in [1.807, 2.05) is 0 Å². The fraction of sp³-hybridized carbons (Fsp3) is 0.692. The van der Waals surface area contributed by atoms with E-state index in [1.165, 1.54) is 11.0 Å². The Bertz CT molecular complexity index is 368. The number of hydrogen-bond acceptors (Lipinski definition) is 3. The molecule has 1 atom stereocenters. The van der Waals surface area contributed by atoms with E-state index in [9.17, 15) is 9.59 Å². The van der Waals surface area contributed by atoms with Crippen molar-refractivity contribution in [1.82, 2.24) is 9.80 Å². The number of amides is 2. The number of likely N-dealkylation sites (tertiary alicyclic amines) is 1. The highest BCUT2D eigenvalue weighted by Crippen LogP contribution is 2.28. The first-order valence-electron chi connectivity index (χ1n) is 6.20. The molecule has 1 unspecified atom stereocenters. The Morgan fingerprint density at radius 2 is 2.12 bits per heavy atom. The van der Waals surface area contributed by atoms with Gasteiger partial charge in [-0.3, -0.25) is 19.4 Å². The highest BCUT2D eigenvalue weighted by Gasteiger charge is 2.40. The molecular formula is C13H20N2O2. The Morgan fingerprint density at radius 1 is 1.41 bits per heavy atom. The molecule has 0 aliphatic carbocycles. The van der Waals surface area contributed by atoms with E-state index in [0.29, 0.717) is 6.54 Å². The summed E-state index contributed by atoms with van der Waals surface area (Å²) < 4.78 is 0. The molecule has 0 radical (unpaired) electrons. The van der Waals surface area contributed by atoms with Gasteiger partial charge in [0.25, 0.3) is 5.91 Å². The van der Waals surface area contributed by atoms with Gasteiger partial charge in [-0.2, -0.15) is 0 Å². The number of nitrogens with zero attached hydrogens (tertiary/aromatic N) is 2. The molecule has 2 heterocycles. The molecule has 1 saturated heterocycles. The number of carbonyl (C=O) groups excluding carboxylic acids is 2. The molecule has 0 saturated carbocycles. The molecule has 0 bridgehead atoms. The topological polar surface area (TPSA) is 40.6 Å². The Balaban J connectivity index is 2.11. The molecule has 2 rings (SSSR count). The zero-order chi connectivity index (χ0) is 12.6. The third-order valence-electron chi connectivity index (χ3n) is 3.48. The minimum atomic E-state index is -0.171. The van der Waals surface area contributed by atoms with Crippen molar-refractivity contribution in [3.63, 3.8) is 0 Å². The molecule has 94 valence electrons. The summed E-state index contributed by atoms with van der Waals surface area (Å²) in [5.41, 5.74) is -0.0208. The minimum absolute atomic E-state index is 0.0208. The van der Waals surface area contributed by atoms with Gasteiger partial charge >= 0.3 is 0 Å². The first-order chi connectivity index (χ1) is 7.91. The number of hydrogen-bond donors (Lipinski definition) is 0. The van der Waals surface area contributed by atoms with E-state index in [1.54, 1.807) is 6.08 Å². The summed E-state index contributed by atoms with van der Waals surface area (Å²) in [6.07, 6.45) is 5.12. The van der Waals surface area contributed by atoms with Crippen LogP contribution in [-0.4, -0.2) is 46.3 Å². The van der Waals surface area contributed by atoms with Crippen molar-refractivity contribution >= 4 is 11.8 Å². The molecule has 1 fully saturated rings. The molecule has 0 aromatic carbocycles. The van der Waals surface area contributed by atoms with Crippen LogP contribution in [0.1, 0.15) is 33.6 Å². The van der Waals surface area contributed by atoms with Crippen LogP contribution in [0.5, 0.6) is 0 Å². The molecule has 0 aromatic rings. The fourth-order valence-corrected chi connectivity index (χ4v) is 2.64. The SMILES string of the molecule is CC(C)(C)N1CCCC1C(=O)N1CC=CC1=O. The van der Waals surface area contributed by atoms with Crippen molar-refractivity contribution in [1.29, 1.82) is 0 Å². The molecule has 2 aliphatic heterocycles. The lowest BCUT2D eigenvalue weighted by Crippen LogP contribution is -2.52. The van der Waals surface area contributed by atoms with E-state index >= 15 is 0 Å². The molecule has 0 aromatic heterocycles. The van der Waals surface area contributed by atoms with Crippen molar-refractivity contribution in [2.45, 2.75) is 45.2 Å². The normalized spacial score (nSPS) is 25.9. The standard InChI is InChI=1S/C13H20N2O2/c1-13(2,3)15-9-4-6-10(15)12(17)14-8-5-7-11(14)16/h5,7,10H,4,6,8-9H2,1-3H3. The maximum atomic E-state index is 12.3. The van der Waals surface area contributed by atoms with Gasteiger partial charge < -0.3 is 0 Å². The molecular weight excluding hydrogens is 216 g/mol. The lowest BCUT2D eigenvalue weighted by molar-refractivity contribution is -0.144. The number of rotatable bonds is 1. The van der Waals surface area contributed by atoms with Crippen LogP contribution < -0.4 is 0 Å². The largest absolute Gasteiger partial charge is 0.287 e. The van der Waals surface area contributed by atoms with Crippen molar-refractivity contribution < 1.29 is 9.59 Å². The van der Waals surface area contributed by atoms with Crippen molar-refractivity contribution in [3.05, 3.63) is 12.2 Å². The van der Waals surface area contributed by atoms with Crippen LogP contribution in [-0.2, 0) is 9.59 Å². The van der Waals surface area contributed by atoms with E-state index in [-0.39, 0.29) is 23.4 Å². The second-order valence-electron chi connectivity index (χ2n) is 5.71. The number of carbonyl (C=O) groups is 2. The second kappa shape index (κ2) is 4.26. The molecule has 2 amide bonds. The van der Waals surface area contributed by atoms with E-state index in [4.69, 9.17) is 0 Å². The van der Waals surface area contributed by atoms with Gasteiger partial charge in [0.1, 0.15) is 0 Å². The van der Waals surface area contributed by atoms with Gasteiger partial charge in [-0.25, -0.2) is 0 Å². The lowest BCUT2D eigenvalue weighted by atomic mass is 10.0. The van der Waals surface area contributed by atoms with E-state index in [0.717, 1.165) is 19.4 Å². The Kier molecular flexibility index (Phi) is 3.08. The molecule has 17 heavy (non-hydrogen) atoms. The van der Waals surface area contributed by atoms with Gasteiger partial charge in [-0.05, 0) is 40.2 Å². The van der Waals surface area contributed by atoms with Gasteiger partial charge in [0.2, 0.25) is 5.91 Å². The first-order valence-corrected chi connectivity index (χ1v) is 6.20. The lowest BCUT2D eigenvalue weighted by Gasteiger charge is -2.37. The summed E-state index contributed by atoms with van der Waals surface area (Å²) in [7, 11) is 0. The molecule has 4 heteroatoms. The Labute approximate surface area is 102 Å². The van der Waals surface area contributed by atoms with Crippen molar-refractivity contribution in [2.75, 3.05) is 13.1 Å². The average molecular weight is 236 g/mol. The van der Waals surface area contributed by atoms with Gasteiger partial charge in [0, 0.05) is 18.2 Å². The van der Waals surface area contributed by atoms with Crippen molar-refractivity contribution in [3.8, 4) is 0 Å². The van der Waals surface area contributed by atoms with Crippen molar-refractivity contribution in [2.24, 2.45) is 0 Å². The van der Waals surface area contributed by atoms with E-state index < -0.39 is 0 Å². The van der Waals surface area contributed by atoms with E-state index in [2.05, 4.69) is 25.7 Å². The smallest absolute Gasteiger partial charge is 0.253 e. The average Bonchev–Trinajstić information content (AvgIpc) is 2.82. The predicted octanol–water partition coefficient (Wildman–Crippen LogP) is 1.17. The summed E-state index contributed by atoms with van der Waals surface area (Å²) >= 11 is 0. The van der Waals surface area contributed by atoms with Crippen LogP contribution in [0, 0.1) is 0 Å². The molecule has 0 spiro atoms. The summed E-state index contributed by atoms with van der Waals surface area (Å²) in [5, 5.41) is 0. The maximum absolute atomic E-state index is 12.3. The van der Waals surface area contributed by atoms with Gasteiger partial charge in [0.15, 0.2) is 0 Å². The second-order valence-corrected chi connectivity index (χ2v) is 5.71. The summed E-state index contributed by atoms with van der Waals surface area (Å²) in [6, 6.07) is -0.126. The third-order valence-corrected chi connectivity index (χ3v) is 3.48.